The molecule has 2 aliphatic rings. The number of rotatable bonds is 10. The van der Waals surface area contributed by atoms with Crippen molar-refractivity contribution < 1.29 is 36.4 Å². The standard InChI is InChI=1S/C35H33F3N3O5P/c36-35(37,38)23-40-33(43)34(29-15-5-3-11-25(29)26-12-4-6-16-30(26)34)18-8-10-20-47(44)45-21-24(22-46-47)41-32(42)28-14-2-1-13-27(28)31-17-7-9-19-39-31/h1-7,9,11-17,19,24H,8,10,18,20-23H2,(H,40,43)(H,41,42)/t24-,47+. The van der Waals surface area contributed by atoms with Crippen LogP contribution in [0.2, 0.25) is 0 Å². The molecule has 0 bridgehead atoms. The van der Waals surface area contributed by atoms with E-state index in [0.717, 1.165) is 11.1 Å². The molecule has 2 heterocycles. The van der Waals surface area contributed by atoms with E-state index >= 15 is 0 Å². The normalized spacial score (nSPS) is 19.8. The lowest BCUT2D eigenvalue weighted by molar-refractivity contribution is -0.141. The van der Waals surface area contributed by atoms with E-state index < -0.39 is 37.7 Å². The Kier molecular flexibility index (Phi) is 9.32. The molecule has 0 spiro atoms. The first-order valence-electron chi connectivity index (χ1n) is 15.3. The maximum absolute atomic E-state index is 13.7. The maximum Gasteiger partial charge on any atom is 0.405 e. The third-order valence-electron chi connectivity index (χ3n) is 8.53. The van der Waals surface area contributed by atoms with Crippen LogP contribution in [0.5, 0.6) is 0 Å². The molecule has 244 valence electrons. The number of benzene rings is 3. The quantitative estimate of drug-likeness (QED) is 0.141. The Labute approximate surface area is 270 Å². The second-order valence-electron chi connectivity index (χ2n) is 11.6. The number of alkyl halides is 3. The van der Waals surface area contributed by atoms with E-state index in [-0.39, 0.29) is 31.7 Å². The van der Waals surface area contributed by atoms with Gasteiger partial charge in [-0.3, -0.25) is 19.1 Å². The van der Waals surface area contributed by atoms with Crippen molar-refractivity contribution in [2.75, 3.05) is 25.9 Å². The van der Waals surface area contributed by atoms with E-state index in [1.165, 1.54) is 0 Å². The monoisotopic (exact) mass is 663 g/mol. The number of hydrogen-bond donors (Lipinski definition) is 2. The molecule has 0 atom stereocenters. The van der Waals surface area contributed by atoms with Gasteiger partial charge in [0.2, 0.25) is 5.91 Å². The van der Waals surface area contributed by atoms with Crippen molar-refractivity contribution >= 4 is 19.4 Å². The smallest absolute Gasteiger partial charge is 0.346 e. The van der Waals surface area contributed by atoms with Gasteiger partial charge < -0.3 is 19.7 Å². The van der Waals surface area contributed by atoms with Gasteiger partial charge in [0, 0.05) is 17.3 Å². The molecule has 8 nitrogen and oxygen atoms in total. The van der Waals surface area contributed by atoms with Crippen molar-refractivity contribution in [3.8, 4) is 22.4 Å². The van der Waals surface area contributed by atoms with Gasteiger partial charge in [-0.15, -0.1) is 0 Å². The summed E-state index contributed by atoms with van der Waals surface area (Å²) >= 11 is 0. The molecule has 1 aliphatic carbocycles. The average Bonchev–Trinajstić information content (AvgIpc) is 3.37. The molecule has 1 aromatic heterocycles. The Balaban J connectivity index is 1.09. The number of aromatic nitrogens is 1. The molecule has 2 N–H and O–H groups in total. The van der Waals surface area contributed by atoms with Crippen LogP contribution in [0.15, 0.2) is 97.2 Å². The van der Waals surface area contributed by atoms with Crippen molar-refractivity contribution in [1.82, 2.24) is 15.6 Å². The van der Waals surface area contributed by atoms with Gasteiger partial charge in [-0.2, -0.15) is 13.2 Å². The lowest BCUT2D eigenvalue weighted by atomic mass is 9.73. The lowest BCUT2D eigenvalue weighted by Gasteiger charge is -2.32. The van der Waals surface area contributed by atoms with Crippen LogP contribution in [0.25, 0.3) is 22.4 Å². The van der Waals surface area contributed by atoms with Crippen LogP contribution in [0.3, 0.4) is 0 Å². The fourth-order valence-corrected chi connectivity index (χ4v) is 8.13. The first-order chi connectivity index (χ1) is 22.6. The minimum atomic E-state index is -4.57. The number of unbranched alkanes of at least 4 members (excludes halogenated alkanes) is 1. The molecule has 4 aromatic rings. The van der Waals surface area contributed by atoms with Gasteiger partial charge in [-0.25, -0.2) is 0 Å². The summed E-state index contributed by atoms with van der Waals surface area (Å²) in [6.45, 7) is -1.47. The number of halogens is 3. The van der Waals surface area contributed by atoms with Gasteiger partial charge in [0.25, 0.3) is 5.91 Å². The van der Waals surface area contributed by atoms with Crippen LogP contribution < -0.4 is 10.6 Å². The van der Waals surface area contributed by atoms with Gasteiger partial charge in [0.15, 0.2) is 0 Å². The molecule has 12 heteroatoms. The van der Waals surface area contributed by atoms with E-state index in [4.69, 9.17) is 9.05 Å². The van der Waals surface area contributed by atoms with Crippen LogP contribution in [0.4, 0.5) is 13.2 Å². The third kappa shape index (κ3) is 6.88. The van der Waals surface area contributed by atoms with E-state index in [9.17, 15) is 27.3 Å². The van der Waals surface area contributed by atoms with Crippen LogP contribution in [-0.2, 0) is 23.8 Å². The zero-order valence-corrected chi connectivity index (χ0v) is 26.2. The highest BCUT2D eigenvalue weighted by molar-refractivity contribution is 7.53. The molecule has 1 fully saturated rings. The number of hydrogen-bond acceptors (Lipinski definition) is 6. The number of nitrogens with one attached hydrogen (secondary N) is 2. The highest BCUT2D eigenvalue weighted by Crippen LogP contribution is 2.54. The summed E-state index contributed by atoms with van der Waals surface area (Å²) in [6.07, 6.45) is -1.96. The van der Waals surface area contributed by atoms with E-state index in [0.29, 0.717) is 40.8 Å². The van der Waals surface area contributed by atoms with Crippen molar-refractivity contribution in [1.29, 1.82) is 0 Å². The molecule has 1 aliphatic heterocycles. The summed E-state index contributed by atoms with van der Waals surface area (Å²) in [4.78, 5) is 31.2. The molecule has 0 unspecified atom stereocenters. The average molecular weight is 664 g/mol. The molecule has 0 radical (unpaired) electrons. The van der Waals surface area contributed by atoms with E-state index in [1.807, 2.05) is 48.5 Å². The fourth-order valence-electron chi connectivity index (χ4n) is 6.37. The fraction of sp³-hybridized carbons (Fsp3) is 0.286. The Morgan fingerprint density at radius 3 is 2.04 bits per heavy atom. The van der Waals surface area contributed by atoms with Gasteiger partial charge in [0.1, 0.15) is 12.0 Å². The van der Waals surface area contributed by atoms with E-state index in [2.05, 4.69) is 15.6 Å². The predicted octanol–water partition coefficient (Wildman–Crippen LogP) is 6.90. The van der Waals surface area contributed by atoms with Crippen LogP contribution >= 0.6 is 7.60 Å². The second kappa shape index (κ2) is 13.4. The summed E-state index contributed by atoms with van der Waals surface area (Å²) in [5, 5.41) is 5.01. The third-order valence-corrected chi connectivity index (χ3v) is 10.5. The number of carbonyl (C=O) groups is 2. The molecule has 1 saturated heterocycles. The number of amides is 2. The zero-order valence-electron chi connectivity index (χ0n) is 25.3. The van der Waals surface area contributed by atoms with Gasteiger partial charge in [-0.1, -0.05) is 79.2 Å². The van der Waals surface area contributed by atoms with Gasteiger partial charge in [0.05, 0.1) is 31.1 Å². The second-order valence-corrected chi connectivity index (χ2v) is 13.8. The van der Waals surface area contributed by atoms with E-state index in [1.54, 1.807) is 48.7 Å². The summed E-state index contributed by atoms with van der Waals surface area (Å²) in [6, 6.07) is 26.5. The van der Waals surface area contributed by atoms with Gasteiger partial charge >= 0.3 is 13.8 Å². The summed E-state index contributed by atoms with van der Waals surface area (Å²) in [5.74, 6) is -1.07. The highest BCUT2D eigenvalue weighted by Gasteiger charge is 2.49. The minimum absolute atomic E-state index is 0.0146. The van der Waals surface area contributed by atoms with Crippen molar-refractivity contribution in [2.24, 2.45) is 0 Å². The SMILES string of the molecule is O=C(N[C@H]1CO[P@](=O)(CCCCC2(C(=O)NCC(F)(F)F)c3ccccc3-c3ccccc32)OC1)c1ccccc1-c1ccccn1. The van der Waals surface area contributed by atoms with Crippen LogP contribution in [0.1, 0.15) is 40.7 Å². The minimum Gasteiger partial charge on any atom is -0.346 e. The van der Waals surface area contributed by atoms with Crippen LogP contribution in [-0.4, -0.2) is 54.9 Å². The van der Waals surface area contributed by atoms with Crippen molar-refractivity contribution in [3.63, 3.8) is 0 Å². The maximum atomic E-state index is 13.7. The summed E-state index contributed by atoms with van der Waals surface area (Å²) in [5.41, 5.74) is 3.29. The Morgan fingerprint density at radius 2 is 1.43 bits per heavy atom. The molecule has 6 rings (SSSR count). The Hall–Kier alpha value is -4.31. The number of nitrogens with zero attached hydrogens (tertiary/aromatic N) is 1. The summed E-state index contributed by atoms with van der Waals surface area (Å²) < 4.78 is 64.2. The molecular weight excluding hydrogens is 630 g/mol. The van der Waals surface area contributed by atoms with Crippen LogP contribution in [0, 0.1) is 0 Å². The largest absolute Gasteiger partial charge is 0.405 e. The first-order valence-corrected chi connectivity index (χ1v) is 17.1. The highest BCUT2D eigenvalue weighted by atomic mass is 31.2. The lowest BCUT2D eigenvalue weighted by Crippen LogP contribution is -2.47. The molecule has 2 amide bonds. The predicted molar refractivity (Wildman–Crippen MR) is 171 cm³/mol. The summed E-state index contributed by atoms with van der Waals surface area (Å²) in [7, 11) is -3.51. The Morgan fingerprint density at radius 1 is 0.830 bits per heavy atom. The topological polar surface area (TPSA) is 107 Å². The number of carbonyl (C=O) groups excluding carboxylic acids is 2. The molecule has 3 aromatic carbocycles. The first kappa shape index (κ1) is 32.6. The van der Waals surface area contributed by atoms with Crippen molar-refractivity contribution in [2.45, 2.75) is 36.9 Å². The Bertz CT molecular complexity index is 1760. The molecular formula is C35H33F3N3O5P. The molecule has 0 saturated carbocycles. The zero-order chi connectivity index (χ0) is 33.1. The number of fused-ring (bicyclic) bond motifs is 3. The van der Waals surface area contributed by atoms with Gasteiger partial charge in [-0.05, 0) is 53.3 Å². The van der Waals surface area contributed by atoms with Crippen molar-refractivity contribution in [3.05, 3.63) is 114 Å². The molecule has 47 heavy (non-hydrogen) atoms. The number of pyridine rings is 1.